The van der Waals surface area contributed by atoms with Crippen LogP contribution in [0.25, 0.3) is 0 Å². The van der Waals surface area contributed by atoms with Gasteiger partial charge in [-0.2, -0.15) is 0 Å². The lowest BCUT2D eigenvalue weighted by Gasteiger charge is -2.45. The first-order valence-corrected chi connectivity index (χ1v) is 7.28. The number of aromatic nitrogens is 1. The molecule has 2 aliphatic heterocycles. The number of carbonyl (C=O) groups excluding carboxylic acids is 1. The predicted octanol–water partition coefficient (Wildman–Crippen LogP) is 1.34. The summed E-state index contributed by atoms with van der Waals surface area (Å²) in [6.07, 6.45) is 6.34. The van der Waals surface area contributed by atoms with E-state index in [0.717, 1.165) is 19.5 Å². The highest BCUT2D eigenvalue weighted by Crippen LogP contribution is 2.30. The van der Waals surface area contributed by atoms with Crippen molar-refractivity contribution in [3.05, 3.63) is 24.0 Å². The summed E-state index contributed by atoms with van der Waals surface area (Å²) in [5.74, 6) is 0.611. The first-order valence-electron chi connectivity index (χ1n) is 7.28. The van der Waals surface area contributed by atoms with Crippen LogP contribution in [0.3, 0.4) is 0 Å². The van der Waals surface area contributed by atoms with Gasteiger partial charge in [0.25, 0.3) is 5.91 Å². The van der Waals surface area contributed by atoms with E-state index >= 15 is 0 Å². The lowest BCUT2D eigenvalue weighted by molar-refractivity contribution is 0.0316. The summed E-state index contributed by atoms with van der Waals surface area (Å²) in [5.41, 5.74) is 0.479. The third kappa shape index (κ3) is 2.50. The van der Waals surface area contributed by atoms with Crippen molar-refractivity contribution in [3.63, 3.8) is 0 Å². The van der Waals surface area contributed by atoms with Crippen molar-refractivity contribution in [2.75, 3.05) is 26.7 Å². The van der Waals surface area contributed by atoms with Crippen molar-refractivity contribution in [2.45, 2.75) is 25.3 Å². The van der Waals surface area contributed by atoms with Crippen molar-refractivity contribution < 1.29 is 9.90 Å². The Balaban J connectivity index is 1.71. The molecule has 2 unspecified atom stereocenters. The normalized spacial score (nSPS) is 27.1. The van der Waals surface area contributed by atoms with Crippen molar-refractivity contribution >= 4 is 5.91 Å². The lowest BCUT2D eigenvalue weighted by Crippen LogP contribution is -2.53. The van der Waals surface area contributed by atoms with Crippen LogP contribution in [-0.4, -0.2) is 58.5 Å². The van der Waals surface area contributed by atoms with Crippen LogP contribution >= 0.6 is 0 Å². The second kappa shape index (κ2) is 5.40. The van der Waals surface area contributed by atoms with Crippen LogP contribution in [0.1, 0.15) is 29.6 Å². The summed E-state index contributed by atoms with van der Waals surface area (Å²) < 4.78 is 0. The van der Waals surface area contributed by atoms with Gasteiger partial charge >= 0.3 is 0 Å². The Bertz CT molecular complexity index is 506. The average molecular weight is 275 g/mol. The van der Waals surface area contributed by atoms with E-state index in [1.807, 2.05) is 4.90 Å². The fourth-order valence-corrected chi connectivity index (χ4v) is 3.56. The maximum Gasteiger partial charge on any atom is 0.255 e. The summed E-state index contributed by atoms with van der Waals surface area (Å²) in [4.78, 5) is 20.7. The van der Waals surface area contributed by atoms with Crippen LogP contribution in [0.2, 0.25) is 0 Å². The Morgan fingerprint density at radius 1 is 1.35 bits per heavy atom. The molecular formula is C15H21N3O2. The molecule has 1 N–H and O–H groups in total. The first kappa shape index (κ1) is 13.4. The summed E-state index contributed by atoms with van der Waals surface area (Å²) in [7, 11) is 2.19. The van der Waals surface area contributed by atoms with Gasteiger partial charge in [0.05, 0.1) is 11.8 Å². The largest absolute Gasteiger partial charge is 0.506 e. The number of nitrogens with zero attached hydrogens (tertiary/aromatic N) is 3. The molecule has 0 radical (unpaired) electrons. The second-order valence-corrected chi connectivity index (χ2v) is 5.92. The zero-order valence-corrected chi connectivity index (χ0v) is 11.8. The minimum atomic E-state index is -0.0138. The topological polar surface area (TPSA) is 56.7 Å². The third-order valence-corrected chi connectivity index (χ3v) is 4.60. The fourth-order valence-electron chi connectivity index (χ4n) is 3.56. The van der Waals surface area contributed by atoms with Crippen LogP contribution in [0.15, 0.2) is 18.5 Å². The second-order valence-electron chi connectivity index (χ2n) is 5.92. The molecule has 0 aromatic carbocycles. The van der Waals surface area contributed by atoms with Crippen molar-refractivity contribution in [2.24, 2.45) is 5.92 Å². The molecule has 0 spiro atoms. The predicted molar refractivity (Wildman–Crippen MR) is 75.6 cm³/mol. The molecule has 1 aromatic heterocycles. The SMILES string of the molecule is CN1CCCC2CN(C(=O)c3cncc(O)c3)CCC21. The number of hydrogen-bond donors (Lipinski definition) is 1. The van der Waals surface area contributed by atoms with Crippen LogP contribution in [0.4, 0.5) is 0 Å². The number of fused-ring (bicyclic) bond motifs is 1. The maximum absolute atomic E-state index is 12.5. The number of rotatable bonds is 1. The number of amides is 1. The van der Waals surface area contributed by atoms with Gasteiger partial charge in [0, 0.05) is 25.3 Å². The van der Waals surface area contributed by atoms with Gasteiger partial charge in [-0.25, -0.2) is 0 Å². The molecule has 1 aromatic rings. The van der Waals surface area contributed by atoms with E-state index in [4.69, 9.17) is 0 Å². The number of likely N-dealkylation sites (tertiary alicyclic amines) is 2. The lowest BCUT2D eigenvalue weighted by atomic mass is 9.84. The number of pyridine rings is 1. The van der Waals surface area contributed by atoms with E-state index in [0.29, 0.717) is 17.5 Å². The molecule has 2 atom stereocenters. The van der Waals surface area contributed by atoms with Gasteiger partial charge in [-0.1, -0.05) is 0 Å². The average Bonchev–Trinajstić information content (AvgIpc) is 2.46. The Hall–Kier alpha value is -1.62. The highest BCUT2D eigenvalue weighted by atomic mass is 16.3. The van der Waals surface area contributed by atoms with E-state index in [1.54, 1.807) is 0 Å². The molecule has 3 rings (SSSR count). The van der Waals surface area contributed by atoms with Gasteiger partial charge in [0.2, 0.25) is 0 Å². The van der Waals surface area contributed by atoms with Crippen LogP contribution < -0.4 is 0 Å². The van der Waals surface area contributed by atoms with E-state index < -0.39 is 0 Å². The van der Waals surface area contributed by atoms with E-state index in [1.165, 1.54) is 37.8 Å². The minimum absolute atomic E-state index is 0.0138. The molecule has 108 valence electrons. The van der Waals surface area contributed by atoms with Gasteiger partial charge in [0.1, 0.15) is 5.75 Å². The highest BCUT2D eigenvalue weighted by molar-refractivity contribution is 5.94. The molecule has 0 aliphatic carbocycles. The van der Waals surface area contributed by atoms with Crippen LogP contribution in [0.5, 0.6) is 5.75 Å². The van der Waals surface area contributed by atoms with Crippen LogP contribution in [-0.2, 0) is 0 Å². The van der Waals surface area contributed by atoms with E-state index in [9.17, 15) is 9.90 Å². The quantitative estimate of drug-likeness (QED) is 0.840. The Morgan fingerprint density at radius 2 is 2.20 bits per heavy atom. The Labute approximate surface area is 119 Å². The molecule has 5 nitrogen and oxygen atoms in total. The molecule has 0 bridgehead atoms. The zero-order chi connectivity index (χ0) is 14.1. The maximum atomic E-state index is 12.5. The van der Waals surface area contributed by atoms with Crippen molar-refractivity contribution in [1.29, 1.82) is 0 Å². The van der Waals surface area contributed by atoms with E-state index in [-0.39, 0.29) is 11.7 Å². The Morgan fingerprint density at radius 3 is 3.00 bits per heavy atom. The zero-order valence-electron chi connectivity index (χ0n) is 11.8. The molecule has 0 saturated carbocycles. The highest BCUT2D eigenvalue weighted by Gasteiger charge is 2.35. The first-order chi connectivity index (χ1) is 9.65. The summed E-state index contributed by atoms with van der Waals surface area (Å²) in [6.45, 7) is 2.79. The molecule has 2 saturated heterocycles. The smallest absolute Gasteiger partial charge is 0.255 e. The number of aromatic hydroxyl groups is 1. The Kier molecular flexibility index (Phi) is 3.61. The standard InChI is InChI=1S/C15H21N3O2/c1-17-5-2-3-11-10-18(6-4-14(11)17)15(20)12-7-13(19)9-16-8-12/h7-9,11,14,19H,2-6,10H2,1H3. The summed E-state index contributed by atoms with van der Waals surface area (Å²) in [6, 6.07) is 2.11. The number of hydrogen-bond acceptors (Lipinski definition) is 4. The monoisotopic (exact) mass is 275 g/mol. The molecule has 20 heavy (non-hydrogen) atoms. The van der Waals surface area contributed by atoms with Crippen molar-refractivity contribution in [3.8, 4) is 5.75 Å². The van der Waals surface area contributed by atoms with Gasteiger partial charge in [-0.15, -0.1) is 0 Å². The number of piperidine rings is 2. The summed E-state index contributed by atoms with van der Waals surface area (Å²) in [5, 5.41) is 9.44. The van der Waals surface area contributed by atoms with Gasteiger partial charge in [-0.05, 0) is 44.8 Å². The van der Waals surface area contributed by atoms with E-state index in [2.05, 4.69) is 16.9 Å². The molecule has 2 aliphatic rings. The minimum Gasteiger partial charge on any atom is -0.506 e. The van der Waals surface area contributed by atoms with Gasteiger partial charge in [-0.3, -0.25) is 9.78 Å². The third-order valence-electron chi connectivity index (χ3n) is 4.60. The molecule has 2 fully saturated rings. The number of carbonyl (C=O) groups is 1. The van der Waals surface area contributed by atoms with Crippen molar-refractivity contribution in [1.82, 2.24) is 14.8 Å². The van der Waals surface area contributed by atoms with Crippen LogP contribution in [0, 0.1) is 5.92 Å². The summed E-state index contributed by atoms with van der Waals surface area (Å²) >= 11 is 0. The molecule has 1 amide bonds. The molecule has 3 heterocycles. The molecule has 5 heteroatoms. The van der Waals surface area contributed by atoms with Gasteiger partial charge < -0.3 is 14.9 Å². The molecular weight excluding hydrogens is 254 g/mol. The fraction of sp³-hybridized carbons (Fsp3) is 0.600. The van der Waals surface area contributed by atoms with Gasteiger partial charge in [0.15, 0.2) is 0 Å².